The van der Waals surface area contributed by atoms with E-state index in [2.05, 4.69) is 42.7 Å². The molecule has 3 heterocycles. The number of imidazole rings is 1. The number of hydrogen-bond acceptors (Lipinski definition) is 5. The van der Waals surface area contributed by atoms with E-state index in [4.69, 9.17) is 0 Å². The predicted molar refractivity (Wildman–Crippen MR) is 78.3 cm³/mol. The number of nitrogens with one attached hydrogen (secondary N) is 1. The molecule has 98 valence electrons. The third-order valence-electron chi connectivity index (χ3n) is 2.92. The van der Waals surface area contributed by atoms with Gasteiger partial charge in [-0.2, -0.15) is 0 Å². The third kappa shape index (κ3) is 2.75. The van der Waals surface area contributed by atoms with Gasteiger partial charge in [-0.15, -0.1) is 22.7 Å². The van der Waals surface area contributed by atoms with Crippen LogP contribution in [0.15, 0.2) is 40.8 Å². The highest BCUT2D eigenvalue weighted by atomic mass is 32.1. The zero-order chi connectivity index (χ0) is 13.1. The lowest BCUT2D eigenvalue weighted by Gasteiger charge is -2.16. The Kier molecular flexibility index (Phi) is 3.72. The number of thiophene rings is 1. The second-order valence-electron chi connectivity index (χ2n) is 4.21. The highest BCUT2D eigenvalue weighted by Gasteiger charge is 2.18. The molecule has 3 rings (SSSR count). The van der Waals surface area contributed by atoms with Gasteiger partial charge in [0, 0.05) is 36.2 Å². The van der Waals surface area contributed by atoms with Crippen molar-refractivity contribution in [2.75, 3.05) is 0 Å². The fourth-order valence-corrected chi connectivity index (χ4v) is 3.32. The largest absolute Gasteiger partial charge is 0.336 e. The first kappa shape index (κ1) is 12.5. The summed E-state index contributed by atoms with van der Waals surface area (Å²) in [5.41, 5.74) is 2.93. The summed E-state index contributed by atoms with van der Waals surface area (Å²) in [6.07, 6.45) is 3.81. The monoisotopic (exact) mass is 290 g/mol. The van der Waals surface area contributed by atoms with Gasteiger partial charge in [-0.25, -0.2) is 9.97 Å². The molecule has 0 aliphatic carbocycles. The van der Waals surface area contributed by atoms with Crippen LogP contribution in [0.1, 0.15) is 22.4 Å². The molecule has 0 saturated heterocycles. The quantitative estimate of drug-likeness (QED) is 0.785. The number of aromatic nitrogens is 3. The summed E-state index contributed by atoms with van der Waals surface area (Å²) in [6, 6.07) is 4.32. The second-order valence-corrected chi connectivity index (χ2v) is 5.90. The second kappa shape index (κ2) is 5.64. The molecule has 19 heavy (non-hydrogen) atoms. The Morgan fingerprint density at radius 2 is 2.37 bits per heavy atom. The van der Waals surface area contributed by atoms with Crippen LogP contribution in [0.2, 0.25) is 0 Å². The van der Waals surface area contributed by atoms with Crippen LogP contribution in [-0.2, 0) is 13.6 Å². The van der Waals surface area contributed by atoms with E-state index in [-0.39, 0.29) is 6.04 Å². The molecule has 0 amide bonds. The minimum Gasteiger partial charge on any atom is -0.336 e. The zero-order valence-corrected chi connectivity index (χ0v) is 12.1. The number of thiazole rings is 1. The summed E-state index contributed by atoms with van der Waals surface area (Å²) in [5, 5.41) is 7.70. The number of rotatable bonds is 5. The zero-order valence-electron chi connectivity index (χ0n) is 10.5. The highest BCUT2D eigenvalue weighted by Crippen LogP contribution is 2.25. The minimum absolute atomic E-state index is 0.113. The van der Waals surface area contributed by atoms with Gasteiger partial charge in [0.1, 0.15) is 11.9 Å². The first-order valence-corrected chi connectivity index (χ1v) is 7.78. The normalized spacial score (nSPS) is 12.7. The van der Waals surface area contributed by atoms with Crippen molar-refractivity contribution < 1.29 is 0 Å². The van der Waals surface area contributed by atoms with E-state index in [1.807, 2.05) is 25.0 Å². The van der Waals surface area contributed by atoms with Gasteiger partial charge in [0.25, 0.3) is 0 Å². The Morgan fingerprint density at radius 3 is 3.00 bits per heavy atom. The summed E-state index contributed by atoms with van der Waals surface area (Å²) in [5.74, 6) is 1.03. The van der Waals surface area contributed by atoms with Gasteiger partial charge < -0.3 is 4.57 Å². The fraction of sp³-hybridized carbons (Fsp3) is 0.231. The molecule has 0 saturated carbocycles. The van der Waals surface area contributed by atoms with Crippen LogP contribution in [0, 0.1) is 0 Å². The van der Waals surface area contributed by atoms with E-state index in [1.54, 1.807) is 22.7 Å². The smallest absolute Gasteiger partial charge is 0.131 e. The molecule has 1 atom stereocenters. The van der Waals surface area contributed by atoms with Gasteiger partial charge in [0.05, 0.1) is 11.2 Å². The summed E-state index contributed by atoms with van der Waals surface area (Å²) in [6.45, 7) is 0.749. The van der Waals surface area contributed by atoms with Crippen molar-refractivity contribution >= 4 is 22.7 Å². The van der Waals surface area contributed by atoms with E-state index >= 15 is 0 Å². The summed E-state index contributed by atoms with van der Waals surface area (Å²) >= 11 is 3.36. The van der Waals surface area contributed by atoms with Crippen molar-refractivity contribution in [2.45, 2.75) is 12.6 Å². The van der Waals surface area contributed by atoms with Crippen molar-refractivity contribution in [2.24, 2.45) is 7.05 Å². The lowest BCUT2D eigenvalue weighted by atomic mass is 10.2. The highest BCUT2D eigenvalue weighted by molar-refractivity contribution is 7.10. The lowest BCUT2D eigenvalue weighted by molar-refractivity contribution is 0.560. The lowest BCUT2D eigenvalue weighted by Crippen LogP contribution is -2.24. The van der Waals surface area contributed by atoms with Gasteiger partial charge in [0.2, 0.25) is 0 Å². The Hall–Kier alpha value is -1.50. The Morgan fingerprint density at radius 1 is 1.42 bits per heavy atom. The summed E-state index contributed by atoms with van der Waals surface area (Å²) in [4.78, 5) is 10.0. The molecule has 0 aliphatic rings. The molecule has 6 heteroatoms. The minimum atomic E-state index is 0.113. The molecule has 0 bridgehead atoms. The molecule has 0 fully saturated rings. The maximum Gasteiger partial charge on any atom is 0.131 e. The van der Waals surface area contributed by atoms with Crippen LogP contribution in [0.4, 0.5) is 0 Å². The van der Waals surface area contributed by atoms with E-state index in [0.29, 0.717) is 0 Å². The van der Waals surface area contributed by atoms with Gasteiger partial charge in [-0.05, 0) is 11.4 Å². The van der Waals surface area contributed by atoms with Crippen molar-refractivity contribution in [3.05, 3.63) is 57.2 Å². The van der Waals surface area contributed by atoms with Crippen LogP contribution >= 0.6 is 22.7 Å². The number of nitrogens with zero attached hydrogens (tertiary/aromatic N) is 3. The molecule has 0 radical (unpaired) electrons. The molecule has 0 aliphatic heterocycles. The predicted octanol–water partition coefficient (Wildman–Crippen LogP) is 2.82. The van der Waals surface area contributed by atoms with Crippen LogP contribution < -0.4 is 5.32 Å². The average molecular weight is 290 g/mol. The molecule has 3 aromatic rings. The van der Waals surface area contributed by atoms with Crippen molar-refractivity contribution in [3.63, 3.8) is 0 Å². The number of hydrogen-bond donors (Lipinski definition) is 1. The van der Waals surface area contributed by atoms with E-state index in [0.717, 1.165) is 18.1 Å². The van der Waals surface area contributed by atoms with Crippen LogP contribution in [0.25, 0.3) is 0 Å². The van der Waals surface area contributed by atoms with Crippen LogP contribution in [-0.4, -0.2) is 14.5 Å². The molecule has 0 aromatic carbocycles. The Bertz CT molecular complexity index is 613. The molecular formula is C13H14N4S2. The third-order valence-corrected chi connectivity index (χ3v) is 4.49. The average Bonchev–Trinajstić information content (AvgIpc) is 3.13. The van der Waals surface area contributed by atoms with Gasteiger partial charge in [-0.3, -0.25) is 5.32 Å². The molecule has 4 nitrogen and oxygen atoms in total. The molecule has 0 spiro atoms. The van der Waals surface area contributed by atoms with Crippen LogP contribution in [0.3, 0.4) is 0 Å². The van der Waals surface area contributed by atoms with Crippen LogP contribution in [0.5, 0.6) is 0 Å². The SMILES string of the molecule is Cn1ccnc1C(NCc1cscn1)c1cccs1. The Labute approximate surface area is 119 Å². The number of aryl methyl sites for hydroxylation is 1. The molecule has 1 N–H and O–H groups in total. The first-order valence-electron chi connectivity index (χ1n) is 5.95. The van der Waals surface area contributed by atoms with Gasteiger partial charge in [0.15, 0.2) is 0 Å². The van der Waals surface area contributed by atoms with Gasteiger partial charge in [-0.1, -0.05) is 6.07 Å². The first-order chi connectivity index (χ1) is 9.34. The summed E-state index contributed by atoms with van der Waals surface area (Å²) < 4.78 is 2.05. The van der Waals surface area contributed by atoms with Crippen molar-refractivity contribution in [3.8, 4) is 0 Å². The topological polar surface area (TPSA) is 42.7 Å². The maximum atomic E-state index is 4.46. The maximum absolute atomic E-state index is 4.46. The standard InChI is InChI=1S/C13H14N4S2/c1-17-5-4-14-13(17)12(11-3-2-6-19-11)15-7-10-8-18-9-16-10/h2-6,8-9,12,15H,7H2,1H3. The summed E-state index contributed by atoms with van der Waals surface area (Å²) in [7, 11) is 2.02. The van der Waals surface area contributed by atoms with Crippen molar-refractivity contribution in [1.29, 1.82) is 0 Å². The molecule has 3 aromatic heterocycles. The van der Waals surface area contributed by atoms with Crippen molar-refractivity contribution in [1.82, 2.24) is 19.9 Å². The molecule has 1 unspecified atom stereocenters. The van der Waals surface area contributed by atoms with E-state index < -0.39 is 0 Å². The van der Waals surface area contributed by atoms with E-state index in [1.165, 1.54) is 4.88 Å². The van der Waals surface area contributed by atoms with E-state index in [9.17, 15) is 0 Å². The molecular weight excluding hydrogens is 276 g/mol. The fourth-order valence-electron chi connectivity index (χ4n) is 1.96. The van der Waals surface area contributed by atoms with Gasteiger partial charge >= 0.3 is 0 Å². The Balaban J connectivity index is 1.83.